The van der Waals surface area contributed by atoms with Crippen LogP contribution in [0.1, 0.15) is 32.6 Å². The Morgan fingerprint density at radius 3 is 2.21 bits per heavy atom. The summed E-state index contributed by atoms with van der Waals surface area (Å²) in [4.78, 5) is 24.7. The van der Waals surface area contributed by atoms with Gasteiger partial charge in [-0.1, -0.05) is 19.1 Å². The van der Waals surface area contributed by atoms with Crippen LogP contribution in [0.15, 0.2) is 53.4 Å². The fourth-order valence-electron chi connectivity index (χ4n) is 4.76. The molecule has 34 heavy (non-hydrogen) atoms. The molecular formula is C25H31N5O3S. The number of hydrogen-bond acceptors (Lipinski definition) is 4. The summed E-state index contributed by atoms with van der Waals surface area (Å²) in [6.45, 7) is 5.01. The van der Waals surface area contributed by atoms with Crippen LogP contribution in [-0.4, -0.2) is 66.4 Å². The molecule has 3 heterocycles. The highest BCUT2D eigenvalue weighted by atomic mass is 32.2. The quantitative estimate of drug-likeness (QED) is 0.592. The maximum atomic E-state index is 13.0. The van der Waals surface area contributed by atoms with Crippen LogP contribution in [0.3, 0.4) is 0 Å². The van der Waals surface area contributed by atoms with E-state index in [0.717, 1.165) is 42.5 Å². The van der Waals surface area contributed by atoms with Gasteiger partial charge in [-0.05, 0) is 68.0 Å². The fourth-order valence-corrected chi connectivity index (χ4v) is 6.06. The lowest BCUT2D eigenvalue weighted by Gasteiger charge is -2.38. The van der Waals surface area contributed by atoms with Crippen LogP contribution in [-0.2, 0) is 10.0 Å². The molecule has 0 saturated carbocycles. The maximum absolute atomic E-state index is 13.0. The molecular weight excluding hydrogens is 450 g/mol. The topological polar surface area (TPSA) is 98.4 Å². The molecule has 2 saturated heterocycles. The van der Waals surface area contributed by atoms with Crippen molar-refractivity contribution in [3.05, 3.63) is 48.5 Å². The van der Waals surface area contributed by atoms with E-state index >= 15 is 0 Å². The third-order valence-corrected chi connectivity index (χ3v) is 8.51. The van der Waals surface area contributed by atoms with Gasteiger partial charge in [-0.15, -0.1) is 0 Å². The molecule has 0 unspecified atom stereocenters. The number of hydrogen-bond donors (Lipinski definition) is 2. The number of amides is 2. The molecule has 1 aromatic heterocycles. The van der Waals surface area contributed by atoms with Crippen molar-refractivity contribution in [2.45, 2.75) is 43.5 Å². The number of piperidine rings is 2. The lowest BCUT2D eigenvalue weighted by molar-refractivity contribution is 0.123. The van der Waals surface area contributed by atoms with Gasteiger partial charge >= 0.3 is 6.03 Å². The molecule has 8 nitrogen and oxygen atoms in total. The molecule has 2 N–H and O–H groups in total. The lowest BCUT2D eigenvalue weighted by atomic mass is 9.99. The summed E-state index contributed by atoms with van der Waals surface area (Å²) in [5.74, 6) is 1.38. The van der Waals surface area contributed by atoms with Gasteiger partial charge in [-0.25, -0.2) is 22.9 Å². The summed E-state index contributed by atoms with van der Waals surface area (Å²) in [6.07, 6.45) is 3.34. The van der Waals surface area contributed by atoms with Crippen molar-refractivity contribution in [1.29, 1.82) is 0 Å². The van der Waals surface area contributed by atoms with Crippen molar-refractivity contribution >= 4 is 27.1 Å². The van der Waals surface area contributed by atoms with Crippen molar-refractivity contribution in [2.75, 3.05) is 26.2 Å². The van der Waals surface area contributed by atoms with Crippen LogP contribution in [0.2, 0.25) is 0 Å². The van der Waals surface area contributed by atoms with Gasteiger partial charge in [0, 0.05) is 37.8 Å². The number of rotatable bonds is 4. The molecule has 0 atom stereocenters. The summed E-state index contributed by atoms with van der Waals surface area (Å²) in [5.41, 5.74) is 2.64. The molecule has 0 spiro atoms. The second-order valence-electron chi connectivity index (χ2n) is 9.46. The van der Waals surface area contributed by atoms with E-state index in [-0.39, 0.29) is 17.0 Å². The molecule has 180 valence electrons. The fraction of sp³-hybridized carbons (Fsp3) is 0.440. The lowest BCUT2D eigenvalue weighted by Crippen LogP contribution is -2.52. The molecule has 2 aromatic carbocycles. The predicted molar refractivity (Wildman–Crippen MR) is 132 cm³/mol. The first kappa shape index (κ1) is 22.9. The molecule has 9 heteroatoms. The predicted octanol–water partition coefficient (Wildman–Crippen LogP) is 3.82. The molecule has 2 aliphatic heterocycles. The van der Waals surface area contributed by atoms with Crippen LogP contribution in [0.4, 0.5) is 4.79 Å². The number of benzene rings is 2. The van der Waals surface area contributed by atoms with Crippen molar-refractivity contribution < 1.29 is 13.2 Å². The van der Waals surface area contributed by atoms with Crippen molar-refractivity contribution in [1.82, 2.24) is 24.5 Å². The molecule has 0 aliphatic carbocycles. The number of aromatic amines is 1. The molecule has 0 radical (unpaired) electrons. The second kappa shape index (κ2) is 9.38. The van der Waals surface area contributed by atoms with Gasteiger partial charge < -0.3 is 14.8 Å². The number of carbonyl (C=O) groups excluding carboxylic acids is 1. The number of aromatic nitrogens is 2. The van der Waals surface area contributed by atoms with Crippen LogP contribution in [0.25, 0.3) is 22.4 Å². The summed E-state index contributed by atoms with van der Waals surface area (Å²) in [7, 11) is -3.64. The van der Waals surface area contributed by atoms with E-state index in [0.29, 0.717) is 37.7 Å². The van der Waals surface area contributed by atoms with E-state index in [1.165, 1.54) is 0 Å². The number of fused-ring (bicyclic) bond motifs is 1. The zero-order chi connectivity index (χ0) is 23.7. The zero-order valence-corrected chi connectivity index (χ0v) is 20.2. The van der Waals surface area contributed by atoms with Crippen LogP contribution in [0, 0.1) is 5.92 Å². The zero-order valence-electron chi connectivity index (χ0n) is 19.4. The Hall–Kier alpha value is -2.91. The number of sulfonamides is 1. The Balaban J connectivity index is 1.18. The normalized spacial score (nSPS) is 18.5. The van der Waals surface area contributed by atoms with Gasteiger partial charge in [0.2, 0.25) is 10.0 Å². The molecule has 2 fully saturated rings. The number of nitrogens with zero attached hydrogens (tertiary/aromatic N) is 3. The summed E-state index contributed by atoms with van der Waals surface area (Å²) in [6, 6.07) is 14.5. The number of likely N-dealkylation sites (tertiary alicyclic amines) is 2. The van der Waals surface area contributed by atoms with E-state index in [2.05, 4.69) is 21.6 Å². The standard InChI is InChI=1S/C25H31N5O3S/c1-18-10-14-29(15-11-18)25(31)30-16-12-20(13-17-30)28-34(32,33)21-8-6-19(7-9-21)24-26-22-4-2-3-5-23(22)27-24/h2-9,18,20,28H,10-17H2,1H3,(H,26,27). The largest absolute Gasteiger partial charge is 0.338 e. The minimum atomic E-state index is -3.64. The van der Waals surface area contributed by atoms with E-state index in [1.54, 1.807) is 24.3 Å². The van der Waals surface area contributed by atoms with Gasteiger partial charge in [0.15, 0.2) is 0 Å². The molecule has 2 aliphatic rings. The third kappa shape index (κ3) is 4.81. The first-order chi connectivity index (χ1) is 16.4. The number of carbonyl (C=O) groups is 1. The Morgan fingerprint density at radius 2 is 1.56 bits per heavy atom. The number of urea groups is 1. The molecule has 3 aromatic rings. The number of nitrogens with one attached hydrogen (secondary N) is 2. The van der Waals surface area contributed by atoms with Crippen molar-refractivity contribution in [3.8, 4) is 11.4 Å². The minimum absolute atomic E-state index is 0.0920. The van der Waals surface area contributed by atoms with E-state index in [9.17, 15) is 13.2 Å². The summed E-state index contributed by atoms with van der Waals surface area (Å²) in [5, 5.41) is 0. The number of para-hydroxylation sites is 2. The van der Waals surface area contributed by atoms with Crippen molar-refractivity contribution in [2.24, 2.45) is 5.92 Å². The highest BCUT2D eigenvalue weighted by Gasteiger charge is 2.30. The molecule has 5 rings (SSSR count). The number of imidazole rings is 1. The van der Waals surface area contributed by atoms with Crippen LogP contribution in [0.5, 0.6) is 0 Å². The Bertz CT molecular complexity index is 1220. The van der Waals surface area contributed by atoms with Crippen LogP contribution >= 0.6 is 0 Å². The summed E-state index contributed by atoms with van der Waals surface area (Å²) < 4.78 is 28.8. The van der Waals surface area contributed by atoms with Crippen molar-refractivity contribution in [3.63, 3.8) is 0 Å². The average molecular weight is 482 g/mol. The van der Waals surface area contributed by atoms with Gasteiger partial charge in [-0.2, -0.15) is 0 Å². The first-order valence-electron chi connectivity index (χ1n) is 12.0. The Labute approximate surface area is 200 Å². The van der Waals surface area contributed by atoms with Crippen LogP contribution < -0.4 is 4.72 Å². The van der Waals surface area contributed by atoms with Gasteiger partial charge in [0.05, 0.1) is 15.9 Å². The van der Waals surface area contributed by atoms with Gasteiger partial charge in [0.1, 0.15) is 5.82 Å². The first-order valence-corrected chi connectivity index (χ1v) is 13.5. The van der Waals surface area contributed by atoms with E-state index in [4.69, 9.17) is 0 Å². The Morgan fingerprint density at radius 1 is 0.941 bits per heavy atom. The van der Waals surface area contributed by atoms with E-state index < -0.39 is 10.0 Å². The highest BCUT2D eigenvalue weighted by molar-refractivity contribution is 7.89. The highest BCUT2D eigenvalue weighted by Crippen LogP contribution is 2.23. The second-order valence-corrected chi connectivity index (χ2v) is 11.2. The van der Waals surface area contributed by atoms with E-state index in [1.807, 2.05) is 34.1 Å². The minimum Gasteiger partial charge on any atom is -0.338 e. The molecule has 0 bridgehead atoms. The average Bonchev–Trinajstić information content (AvgIpc) is 3.29. The third-order valence-electron chi connectivity index (χ3n) is 6.97. The SMILES string of the molecule is CC1CCN(C(=O)N2CCC(NS(=O)(=O)c3ccc(-c4nc5ccccc5[nH]4)cc3)CC2)CC1. The van der Waals surface area contributed by atoms with Gasteiger partial charge in [-0.3, -0.25) is 0 Å². The van der Waals surface area contributed by atoms with Gasteiger partial charge in [0.25, 0.3) is 0 Å². The number of H-pyrrole nitrogens is 1. The maximum Gasteiger partial charge on any atom is 0.319 e. The smallest absolute Gasteiger partial charge is 0.319 e. The monoisotopic (exact) mass is 481 g/mol. The summed E-state index contributed by atoms with van der Waals surface area (Å²) >= 11 is 0. The molecule has 2 amide bonds. The Kier molecular flexibility index (Phi) is 6.31.